The van der Waals surface area contributed by atoms with Gasteiger partial charge in [0.1, 0.15) is 18.5 Å². The highest BCUT2D eigenvalue weighted by molar-refractivity contribution is 9.10. The van der Waals surface area contributed by atoms with Gasteiger partial charge >= 0.3 is 5.69 Å². The van der Waals surface area contributed by atoms with Gasteiger partial charge in [-0.2, -0.15) is 0 Å². The molecule has 0 saturated heterocycles. The van der Waals surface area contributed by atoms with Crippen LogP contribution in [-0.2, 0) is 0 Å². The van der Waals surface area contributed by atoms with Crippen molar-refractivity contribution in [1.29, 1.82) is 0 Å². The Labute approximate surface area is 130 Å². The van der Waals surface area contributed by atoms with E-state index in [1.165, 1.54) is 0 Å². The average molecular weight is 365 g/mol. The number of hydrogen-bond donors (Lipinski definition) is 2. The van der Waals surface area contributed by atoms with Crippen molar-refractivity contribution in [2.75, 3.05) is 19.7 Å². The Hall–Kier alpha value is -1.25. The molecule has 0 aliphatic carbocycles. The van der Waals surface area contributed by atoms with Crippen molar-refractivity contribution >= 4 is 21.6 Å². The molecular weight excluding hydrogens is 347 g/mol. The first-order chi connectivity index (χ1) is 9.81. The Kier molecular flexibility index (Phi) is 7.00. The van der Waals surface area contributed by atoms with E-state index in [0.29, 0.717) is 12.5 Å². The molecule has 118 valence electrons. The van der Waals surface area contributed by atoms with Crippen LogP contribution < -0.4 is 10.1 Å². The van der Waals surface area contributed by atoms with Crippen LogP contribution >= 0.6 is 15.9 Å². The van der Waals surface area contributed by atoms with E-state index in [-0.39, 0.29) is 16.8 Å². The molecule has 0 aliphatic rings. The maximum atomic E-state index is 13.2. The van der Waals surface area contributed by atoms with Crippen molar-refractivity contribution in [3.8, 4) is 5.75 Å². The second kappa shape index (κ2) is 8.26. The molecule has 21 heavy (non-hydrogen) atoms. The number of halogens is 2. The molecule has 1 aromatic rings. The largest absolute Gasteiger partial charge is 0.483 e. The normalized spacial score (nSPS) is 12.5. The van der Waals surface area contributed by atoms with Crippen LogP contribution in [-0.4, -0.2) is 35.8 Å². The fourth-order valence-electron chi connectivity index (χ4n) is 1.60. The maximum Gasteiger partial charge on any atom is 0.315 e. The van der Waals surface area contributed by atoms with Crippen molar-refractivity contribution in [3.05, 3.63) is 32.5 Å². The summed E-state index contributed by atoms with van der Waals surface area (Å²) in [5.41, 5.74) is -0.482. The topological polar surface area (TPSA) is 84.6 Å². The zero-order valence-electron chi connectivity index (χ0n) is 11.8. The Morgan fingerprint density at radius 2 is 2.14 bits per heavy atom. The first kappa shape index (κ1) is 17.8. The highest BCUT2D eigenvalue weighted by Gasteiger charge is 2.21. The number of aliphatic hydroxyl groups excluding tert-OH is 1. The van der Waals surface area contributed by atoms with Gasteiger partial charge in [0.2, 0.25) is 5.75 Å². The summed E-state index contributed by atoms with van der Waals surface area (Å²) in [4.78, 5) is 10.2. The molecule has 1 rings (SSSR count). The van der Waals surface area contributed by atoms with Crippen LogP contribution in [0.25, 0.3) is 0 Å². The van der Waals surface area contributed by atoms with Crippen LogP contribution in [0.4, 0.5) is 10.1 Å². The van der Waals surface area contributed by atoms with Crippen LogP contribution in [0.5, 0.6) is 5.75 Å². The van der Waals surface area contributed by atoms with E-state index >= 15 is 0 Å². The molecule has 0 aromatic heterocycles. The molecule has 0 aliphatic heterocycles. The van der Waals surface area contributed by atoms with Gasteiger partial charge in [-0.1, -0.05) is 13.8 Å². The third-order valence-electron chi connectivity index (χ3n) is 2.54. The number of ether oxygens (including phenoxy) is 1. The summed E-state index contributed by atoms with van der Waals surface area (Å²) in [6, 6.07) is 1.86. The molecule has 1 atom stereocenters. The van der Waals surface area contributed by atoms with E-state index < -0.39 is 22.5 Å². The number of nitro groups is 1. The highest BCUT2D eigenvalue weighted by atomic mass is 79.9. The summed E-state index contributed by atoms with van der Waals surface area (Å²) in [7, 11) is 0. The van der Waals surface area contributed by atoms with Crippen molar-refractivity contribution in [2.45, 2.75) is 20.0 Å². The fraction of sp³-hybridized carbons (Fsp3) is 0.538. The molecule has 0 bridgehead atoms. The van der Waals surface area contributed by atoms with Gasteiger partial charge in [0.25, 0.3) is 0 Å². The van der Waals surface area contributed by atoms with Gasteiger partial charge in [0, 0.05) is 6.54 Å². The second-order valence-electron chi connectivity index (χ2n) is 5.01. The first-order valence-electron chi connectivity index (χ1n) is 6.46. The van der Waals surface area contributed by atoms with Gasteiger partial charge in [-0.05, 0) is 34.5 Å². The third kappa shape index (κ3) is 5.94. The summed E-state index contributed by atoms with van der Waals surface area (Å²) >= 11 is 3.02. The predicted molar refractivity (Wildman–Crippen MR) is 80.0 cm³/mol. The Balaban J connectivity index is 2.64. The van der Waals surface area contributed by atoms with Gasteiger partial charge in [-0.25, -0.2) is 4.39 Å². The molecular formula is C13H18BrFN2O4. The number of aliphatic hydroxyl groups is 1. The van der Waals surface area contributed by atoms with Crippen molar-refractivity contribution in [1.82, 2.24) is 5.32 Å². The van der Waals surface area contributed by atoms with Gasteiger partial charge in [0.05, 0.1) is 15.5 Å². The van der Waals surface area contributed by atoms with E-state index in [9.17, 15) is 19.6 Å². The van der Waals surface area contributed by atoms with E-state index in [2.05, 4.69) is 21.2 Å². The van der Waals surface area contributed by atoms with Gasteiger partial charge < -0.3 is 15.2 Å². The van der Waals surface area contributed by atoms with Gasteiger partial charge in [0.15, 0.2) is 0 Å². The van der Waals surface area contributed by atoms with Gasteiger partial charge in [-0.3, -0.25) is 10.1 Å². The minimum Gasteiger partial charge on any atom is -0.483 e. The molecule has 1 unspecified atom stereocenters. The summed E-state index contributed by atoms with van der Waals surface area (Å²) in [6.45, 7) is 5.00. The molecule has 0 spiro atoms. The predicted octanol–water partition coefficient (Wildman–Crippen LogP) is 2.48. The van der Waals surface area contributed by atoms with Crippen LogP contribution in [0.15, 0.2) is 16.6 Å². The Morgan fingerprint density at radius 1 is 1.48 bits per heavy atom. The van der Waals surface area contributed by atoms with Crippen molar-refractivity contribution in [3.63, 3.8) is 0 Å². The first-order valence-corrected chi connectivity index (χ1v) is 7.25. The smallest absolute Gasteiger partial charge is 0.315 e. The molecule has 1 aromatic carbocycles. The molecule has 8 heteroatoms. The zero-order chi connectivity index (χ0) is 16.0. The standard InChI is InChI=1S/C13H18BrFN2O4/c1-8(2)5-16-6-10(18)7-21-13-11(14)3-9(15)4-12(13)17(19)20/h3-4,8,10,16,18H,5-7H2,1-2H3. The second-order valence-corrected chi connectivity index (χ2v) is 5.86. The molecule has 6 nitrogen and oxygen atoms in total. The fourth-order valence-corrected chi connectivity index (χ4v) is 2.14. The summed E-state index contributed by atoms with van der Waals surface area (Å²) in [5.74, 6) is -0.380. The van der Waals surface area contributed by atoms with Crippen molar-refractivity contribution in [2.24, 2.45) is 5.92 Å². The van der Waals surface area contributed by atoms with E-state index in [1.807, 2.05) is 13.8 Å². The molecule has 0 heterocycles. The molecule has 0 saturated carbocycles. The van der Waals surface area contributed by atoms with E-state index in [4.69, 9.17) is 4.74 Å². The lowest BCUT2D eigenvalue weighted by atomic mass is 10.2. The SMILES string of the molecule is CC(C)CNCC(O)COc1c(Br)cc(F)cc1[N+](=O)[O-]. The number of rotatable bonds is 8. The lowest BCUT2D eigenvalue weighted by Crippen LogP contribution is -2.33. The Bertz CT molecular complexity index is 499. The average Bonchev–Trinajstić information content (AvgIpc) is 2.36. The van der Waals surface area contributed by atoms with E-state index in [0.717, 1.165) is 18.7 Å². The van der Waals surface area contributed by atoms with Crippen LogP contribution in [0.1, 0.15) is 13.8 Å². The van der Waals surface area contributed by atoms with Crippen LogP contribution in [0.2, 0.25) is 0 Å². The monoisotopic (exact) mass is 364 g/mol. The van der Waals surface area contributed by atoms with Crippen LogP contribution in [0, 0.1) is 21.8 Å². The minimum absolute atomic E-state index is 0.0932. The third-order valence-corrected chi connectivity index (χ3v) is 3.13. The Morgan fingerprint density at radius 3 is 2.71 bits per heavy atom. The molecule has 0 amide bonds. The maximum absolute atomic E-state index is 13.2. The summed E-state index contributed by atoms with van der Waals surface area (Å²) in [6.07, 6.45) is -0.819. The number of nitrogens with one attached hydrogen (secondary N) is 1. The molecule has 0 fully saturated rings. The van der Waals surface area contributed by atoms with Crippen LogP contribution in [0.3, 0.4) is 0 Å². The summed E-state index contributed by atoms with van der Waals surface area (Å²) in [5, 5.41) is 23.7. The zero-order valence-corrected chi connectivity index (χ0v) is 13.4. The number of hydrogen-bond acceptors (Lipinski definition) is 5. The number of benzene rings is 1. The number of nitro benzene ring substituents is 1. The summed E-state index contributed by atoms with van der Waals surface area (Å²) < 4.78 is 18.6. The molecule has 2 N–H and O–H groups in total. The van der Waals surface area contributed by atoms with Crippen molar-refractivity contribution < 1.29 is 19.2 Å². The van der Waals surface area contributed by atoms with E-state index in [1.54, 1.807) is 0 Å². The highest BCUT2D eigenvalue weighted by Crippen LogP contribution is 2.35. The lowest BCUT2D eigenvalue weighted by molar-refractivity contribution is -0.386. The molecule has 0 radical (unpaired) electrons. The lowest BCUT2D eigenvalue weighted by Gasteiger charge is -2.15. The minimum atomic E-state index is -0.819. The number of nitrogens with zero attached hydrogens (tertiary/aromatic N) is 1. The van der Waals surface area contributed by atoms with Gasteiger partial charge in [-0.15, -0.1) is 0 Å². The quantitative estimate of drug-likeness (QED) is 0.546.